The van der Waals surface area contributed by atoms with E-state index in [4.69, 9.17) is 10.9 Å². The van der Waals surface area contributed by atoms with Crippen molar-refractivity contribution in [2.75, 3.05) is 13.1 Å². The molecule has 0 radical (unpaired) electrons. The number of aromatic nitrogens is 2. The summed E-state index contributed by atoms with van der Waals surface area (Å²) in [5, 5.41) is 11.6. The highest BCUT2D eigenvalue weighted by Crippen LogP contribution is 2.16. The molecule has 0 atom stereocenters. The summed E-state index contributed by atoms with van der Waals surface area (Å²) < 4.78 is 0. The molecule has 7 heteroatoms. The van der Waals surface area contributed by atoms with Crippen molar-refractivity contribution in [3.63, 3.8) is 0 Å². The molecule has 0 aliphatic rings. The van der Waals surface area contributed by atoms with Crippen molar-refractivity contribution in [3.8, 4) is 0 Å². The number of nitrogens with two attached hydrogens (primary N) is 1. The van der Waals surface area contributed by atoms with Crippen LogP contribution in [0.5, 0.6) is 0 Å². The third kappa shape index (κ3) is 3.25. The van der Waals surface area contributed by atoms with Gasteiger partial charge in [-0.25, -0.2) is 0 Å². The molecular weight excluding hydrogens is 270 g/mol. The number of nitrogens with zero attached hydrogens (tertiary/aromatic N) is 4. The van der Waals surface area contributed by atoms with Gasteiger partial charge < -0.3 is 15.8 Å². The van der Waals surface area contributed by atoms with E-state index in [0.29, 0.717) is 23.1 Å². The lowest BCUT2D eigenvalue weighted by Crippen LogP contribution is -2.39. The van der Waals surface area contributed by atoms with Crippen LogP contribution >= 0.6 is 0 Å². The van der Waals surface area contributed by atoms with Crippen molar-refractivity contribution in [2.45, 2.75) is 13.3 Å². The summed E-state index contributed by atoms with van der Waals surface area (Å²) in [6, 6.07) is 5.26. The Balaban J connectivity index is 2.39. The number of carbonyl (C=O) groups is 1. The molecule has 0 saturated heterocycles. The molecule has 0 spiro atoms. The number of oxime groups is 1. The molecule has 7 nitrogen and oxygen atoms in total. The Labute approximate surface area is 122 Å². The number of para-hydroxylation sites is 1. The Morgan fingerprint density at radius 1 is 1.38 bits per heavy atom. The Bertz CT molecular complexity index is 666. The van der Waals surface area contributed by atoms with Crippen LogP contribution in [0, 0.1) is 0 Å². The minimum absolute atomic E-state index is 0.0110. The maximum atomic E-state index is 12.7. The van der Waals surface area contributed by atoms with Crippen LogP contribution in [-0.2, 0) is 0 Å². The molecule has 1 aromatic carbocycles. The average Bonchev–Trinajstić information content (AvgIpc) is 2.53. The van der Waals surface area contributed by atoms with E-state index in [0.717, 1.165) is 6.42 Å². The van der Waals surface area contributed by atoms with Crippen LogP contribution in [0.15, 0.2) is 35.7 Å². The molecule has 21 heavy (non-hydrogen) atoms. The highest BCUT2D eigenvalue weighted by Gasteiger charge is 2.19. The fourth-order valence-electron chi connectivity index (χ4n) is 2.09. The van der Waals surface area contributed by atoms with E-state index < -0.39 is 0 Å². The largest absolute Gasteiger partial charge is 0.409 e. The average molecular weight is 287 g/mol. The van der Waals surface area contributed by atoms with Gasteiger partial charge in [0.15, 0.2) is 5.84 Å². The highest BCUT2D eigenvalue weighted by molar-refractivity contribution is 6.05. The first-order valence-corrected chi connectivity index (χ1v) is 6.62. The van der Waals surface area contributed by atoms with Gasteiger partial charge in [0.05, 0.1) is 17.6 Å². The van der Waals surface area contributed by atoms with Crippen LogP contribution in [-0.4, -0.2) is 44.9 Å². The fourth-order valence-corrected chi connectivity index (χ4v) is 2.09. The van der Waals surface area contributed by atoms with Gasteiger partial charge in [-0.05, 0) is 18.6 Å². The lowest BCUT2D eigenvalue weighted by molar-refractivity contribution is 0.0780. The summed E-state index contributed by atoms with van der Waals surface area (Å²) >= 11 is 0. The number of rotatable bonds is 5. The Morgan fingerprint density at radius 3 is 2.86 bits per heavy atom. The van der Waals surface area contributed by atoms with Gasteiger partial charge in [-0.15, -0.1) is 0 Å². The van der Waals surface area contributed by atoms with E-state index in [1.807, 2.05) is 6.92 Å². The van der Waals surface area contributed by atoms with Gasteiger partial charge in [-0.1, -0.05) is 18.1 Å². The summed E-state index contributed by atoms with van der Waals surface area (Å²) in [6.45, 7) is 2.53. The Kier molecular flexibility index (Phi) is 4.65. The van der Waals surface area contributed by atoms with Crippen LogP contribution in [0.4, 0.5) is 0 Å². The molecule has 3 N–H and O–H groups in total. The third-order valence-electron chi connectivity index (χ3n) is 2.99. The number of fused-ring (bicyclic) bond motifs is 1. The first-order chi connectivity index (χ1) is 10.2. The van der Waals surface area contributed by atoms with Crippen LogP contribution < -0.4 is 5.73 Å². The van der Waals surface area contributed by atoms with Crippen molar-refractivity contribution in [2.24, 2.45) is 10.9 Å². The predicted octanol–water partition coefficient (Wildman–Crippen LogP) is 1.23. The minimum atomic E-state index is -0.213. The molecule has 1 aromatic heterocycles. The second-order valence-electron chi connectivity index (χ2n) is 4.55. The predicted molar refractivity (Wildman–Crippen MR) is 79.1 cm³/mol. The number of hydrogen-bond acceptors (Lipinski definition) is 5. The highest BCUT2D eigenvalue weighted by atomic mass is 16.4. The maximum Gasteiger partial charge on any atom is 0.256 e. The number of hydrogen-bond donors (Lipinski definition) is 2. The fraction of sp³-hybridized carbons (Fsp3) is 0.286. The van der Waals surface area contributed by atoms with Gasteiger partial charge in [0.2, 0.25) is 0 Å². The van der Waals surface area contributed by atoms with Crippen molar-refractivity contribution in [1.82, 2.24) is 14.9 Å². The zero-order valence-electron chi connectivity index (χ0n) is 11.7. The molecule has 0 unspecified atom stereocenters. The van der Waals surface area contributed by atoms with E-state index in [9.17, 15) is 4.79 Å². The van der Waals surface area contributed by atoms with Gasteiger partial charge in [0.25, 0.3) is 5.91 Å². The quantitative estimate of drug-likeness (QED) is 0.372. The van der Waals surface area contributed by atoms with E-state index in [1.165, 1.54) is 4.90 Å². The van der Waals surface area contributed by atoms with Gasteiger partial charge in [0.1, 0.15) is 5.52 Å². The molecule has 0 saturated carbocycles. The second kappa shape index (κ2) is 6.65. The van der Waals surface area contributed by atoms with Gasteiger partial charge in [-0.2, -0.15) is 0 Å². The van der Waals surface area contributed by atoms with Crippen molar-refractivity contribution in [1.29, 1.82) is 0 Å². The van der Waals surface area contributed by atoms with Crippen LogP contribution in [0.25, 0.3) is 11.0 Å². The van der Waals surface area contributed by atoms with Crippen molar-refractivity contribution >= 4 is 22.8 Å². The summed E-state index contributed by atoms with van der Waals surface area (Å²) in [7, 11) is 0. The monoisotopic (exact) mass is 287 g/mol. The van der Waals surface area contributed by atoms with Crippen LogP contribution in [0.1, 0.15) is 23.7 Å². The molecule has 0 aliphatic carbocycles. The van der Waals surface area contributed by atoms with E-state index in [2.05, 4.69) is 15.1 Å². The summed E-state index contributed by atoms with van der Waals surface area (Å²) in [5.41, 5.74) is 7.17. The first kappa shape index (κ1) is 14.7. The molecule has 1 amide bonds. The summed E-state index contributed by atoms with van der Waals surface area (Å²) in [4.78, 5) is 22.6. The Hall–Kier alpha value is -2.70. The van der Waals surface area contributed by atoms with Gasteiger partial charge in [0, 0.05) is 18.9 Å². The molecule has 110 valence electrons. The number of amides is 1. The molecule has 0 bridgehead atoms. The normalized spacial score (nSPS) is 11.6. The molecule has 1 heterocycles. The lowest BCUT2D eigenvalue weighted by atomic mass is 10.1. The molecular formula is C14H17N5O2. The van der Waals surface area contributed by atoms with E-state index >= 15 is 0 Å². The van der Waals surface area contributed by atoms with Crippen molar-refractivity contribution in [3.05, 3.63) is 36.2 Å². The van der Waals surface area contributed by atoms with Crippen LogP contribution in [0.2, 0.25) is 0 Å². The molecule has 2 rings (SSSR count). The smallest absolute Gasteiger partial charge is 0.256 e. The summed E-state index contributed by atoms with van der Waals surface area (Å²) in [6.07, 6.45) is 3.89. The van der Waals surface area contributed by atoms with Crippen molar-refractivity contribution < 1.29 is 10.0 Å². The number of carbonyl (C=O) groups excluding carboxylic acids is 1. The first-order valence-electron chi connectivity index (χ1n) is 6.62. The number of benzene rings is 1. The topological polar surface area (TPSA) is 105 Å². The molecule has 0 aliphatic heterocycles. The van der Waals surface area contributed by atoms with Gasteiger partial charge in [-0.3, -0.25) is 14.8 Å². The van der Waals surface area contributed by atoms with Crippen LogP contribution in [0.3, 0.4) is 0 Å². The minimum Gasteiger partial charge on any atom is -0.409 e. The Morgan fingerprint density at radius 2 is 2.14 bits per heavy atom. The second-order valence-corrected chi connectivity index (χ2v) is 4.55. The lowest BCUT2D eigenvalue weighted by Gasteiger charge is -2.21. The zero-order chi connectivity index (χ0) is 15.2. The maximum absolute atomic E-state index is 12.7. The molecule has 2 aromatic rings. The standard InChI is InChI=1S/C14H17N5O2/c1-2-8-19(9-12(15)18-21)14(20)10-4-3-5-11-13(10)17-7-6-16-11/h3-7,21H,2,8-9H2,1H3,(H2,15,18). The zero-order valence-corrected chi connectivity index (χ0v) is 11.7. The molecule has 0 fully saturated rings. The number of amidine groups is 1. The van der Waals surface area contributed by atoms with Gasteiger partial charge >= 0.3 is 0 Å². The SMILES string of the molecule is CCCN(C/C(N)=N/O)C(=O)c1cccc2nccnc12. The summed E-state index contributed by atoms with van der Waals surface area (Å²) in [5.74, 6) is -0.224. The van der Waals surface area contributed by atoms with E-state index in [-0.39, 0.29) is 18.3 Å². The van der Waals surface area contributed by atoms with E-state index in [1.54, 1.807) is 30.6 Å². The third-order valence-corrected chi connectivity index (χ3v) is 2.99.